The zero-order valence-electron chi connectivity index (χ0n) is 19.3. The van der Waals surface area contributed by atoms with Gasteiger partial charge in [0.05, 0.1) is 5.56 Å². The van der Waals surface area contributed by atoms with Gasteiger partial charge in [-0.2, -0.15) is 13.2 Å². The number of carboxylic acids is 1. The third-order valence-corrected chi connectivity index (χ3v) is 6.51. The highest BCUT2D eigenvalue weighted by atomic mass is 19.4. The van der Waals surface area contributed by atoms with E-state index in [0.29, 0.717) is 18.3 Å². The summed E-state index contributed by atoms with van der Waals surface area (Å²) in [7, 11) is 0. The average Bonchev–Trinajstić information content (AvgIpc) is 2.67. The van der Waals surface area contributed by atoms with Gasteiger partial charge in [0.1, 0.15) is 0 Å². The zero-order chi connectivity index (χ0) is 23.2. The lowest BCUT2D eigenvalue weighted by Crippen LogP contribution is -2.44. The highest BCUT2D eigenvalue weighted by Crippen LogP contribution is 2.41. The second kappa shape index (κ2) is 11.3. The summed E-state index contributed by atoms with van der Waals surface area (Å²) in [6.45, 7) is 10.8. The fourth-order valence-electron chi connectivity index (χ4n) is 4.68. The number of carbonyl (C=O) groups is 1. The molecule has 1 aromatic rings. The van der Waals surface area contributed by atoms with E-state index in [1.807, 2.05) is 0 Å². The molecule has 1 aromatic carbocycles. The van der Waals surface area contributed by atoms with Gasteiger partial charge in [0.15, 0.2) is 0 Å². The minimum atomic E-state index is -4.35. The van der Waals surface area contributed by atoms with Gasteiger partial charge in [-0.3, -0.25) is 9.69 Å². The van der Waals surface area contributed by atoms with E-state index in [-0.39, 0.29) is 24.3 Å². The maximum absolute atomic E-state index is 13.1. The minimum Gasteiger partial charge on any atom is -0.481 e. The van der Waals surface area contributed by atoms with Gasteiger partial charge in [0, 0.05) is 12.5 Å². The Labute approximate surface area is 185 Å². The lowest BCUT2D eigenvalue weighted by Gasteiger charge is -2.43. The fourth-order valence-corrected chi connectivity index (χ4v) is 4.68. The number of aliphatic carboxylic acids is 1. The van der Waals surface area contributed by atoms with E-state index >= 15 is 0 Å². The molecule has 0 aromatic heterocycles. The monoisotopic (exact) mass is 441 g/mol. The van der Waals surface area contributed by atoms with E-state index in [2.05, 4.69) is 32.6 Å². The van der Waals surface area contributed by atoms with Crippen LogP contribution in [0.1, 0.15) is 83.3 Å². The second-order valence-electron chi connectivity index (χ2n) is 9.97. The van der Waals surface area contributed by atoms with Crippen molar-refractivity contribution in [1.29, 1.82) is 0 Å². The van der Waals surface area contributed by atoms with Crippen molar-refractivity contribution < 1.29 is 23.1 Å². The Morgan fingerprint density at radius 1 is 1.03 bits per heavy atom. The topological polar surface area (TPSA) is 40.5 Å². The van der Waals surface area contributed by atoms with Gasteiger partial charge in [-0.05, 0) is 86.6 Å². The van der Waals surface area contributed by atoms with Crippen LogP contribution in [-0.4, -0.2) is 35.1 Å². The van der Waals surface area contributed by atoms with E-state index in [9.17, 15) is 23.1 Å². The molecular formula is C25H38F3NO2. The number of alkyl halides is 3. The van der Waals surface area contributed by atoms with Crippen LogP contribution in [0.2, 0.25) is 0 Å². The number of hydrogen-bond donors (Lipinski definition) is 1. The molecule has 1 N–H and O–H groups in total. The Bertz CT molecular complexity index is 673. The lowest BCUT2D eigenvalue weighted by atomic mass is 9.72. The number of rotatable bonds is 10. The Balaban J connectivity index is 2.30. The van der Waals surface area contributed by atoms with Gasteiger partial charge < -0.3 is 5.11 Å². The highest BCUT2D eigenvalue weighted by molar-refractivity contribution is 5.67. The normalized spacial score (nSPS) is 22.5. The quantitative estimate of drug-likeness (QED) is 0.433. The average molecular weight is 442 g/mol. The standard InChI is InChI=1S/C25H38F3NO2/c1-17(2)11-13-29(14-12-18(3)4)23-10-5-19(16-24(30)31)15-22(23)20-6-8-21(9-7-20)25(26,27)28/h6-9,17-19,22-23H,5,10-16H2,1-4H3,(H,30,31)/t19-,22+,23-/m1/s1. The maximum atomic E-state index is 13.1. The number of carboxylic acid groups (broad SMARTS) is 1. The summed E-state index contributed by atoms with van der Waals surface area (Å²) in [4.78, 5) is 13.8. The van der Waals surface area contributed by atoms with E-state index < -0.39 is 17.7 Å². The molecule has 1 saturated carbocycles. The van der Waals surface area contributed by atoms with Crippen molar-refractivity contribution in [1.82, 2.24) is 4.90 Å². The summed E-state index contributed by atoms with van der Waals surface area (Å²) in [6, 6.07) is 5.78. The molecule has 0 aliphatic heterocycles. The molecule has 3 atom stereocenters. The molecule has 0 amide bonds. The van der Waals surface area contributed by atoms with Crippen LogP contribution >= 0.6 is 0 Å². The first-order chi connectivity index (χ1) is 14.5. The van der Waals surface area contributed by atoms with E-state index in [1.54, 1.807) is 12.1 Å². The molecule has 0 spiro atoms. The molecule has 0 unspecified atom stereocenters. The predicted molar refractivity (Wildman–Crippen MR) is 118 cm³/mol. The van der Waals surface area contributed by atoms with Crippen LogP contribution in [0.5, 0.6) is 0 Å². The minimum absolute atomic E-state index is 0.0553. The summed E-state index contributed by atoms with van der Waals surface area (Å²) in [5.74, 6) is 0.479. The Morgan fingerprint density at radius 2 is 1.58 bits per heavy atom. The van der Waals surface area contributed by atoms with Gasteiger partial charge >= 0.3 is 12.1 Å². The highest BCUT2D eigenvalue weighted by Gasteiger charge is 2.36. The first kappa shape index (κ1) is 25.7. The Hall–Kier alpha value is -1.56. The number of benzene rings is 1. The first-order valence-electron chi connectivity index (χ1n) is 11.6. The van der Waals surface area contributed by atoms with Crippen molar-refractivity contribution in [2.75, 3.05) is 13.1 Å². The van der Waals surface area contributed by atoms with Crippen molar-refractivity contribution in [3.05, 3.63) is 35.4 Å². The summed E-state index contributed by atoms with van der Waals surface area (Å²) in [6.07, 6.45) is 0.383. The lowest BCUT2D eigenvalue weighted by molar-refractivity contribution is -0.139. The van der Waals surface area contributed by atoms with Crippen LogP contribution in [0.3, 0.4) is 0 Å². The second-order valence-corrected chi connectivity index (χ2v) is 9.97. The SMILES string of the molecule is CC(C)CCN(CCC(C)C)[C@@H]1CC[C@@H](CC(=O)O)C[C@H]1c1ccc(C(F)(F)F)cc1. The van der Waals surface area contributed by atoms with Crippen molar-refractivity contribution >= 4 is 5.97 Å². The van der Waals surface area contributed by atoms with Crippen molar-refractivity contribution in [2.45, 2.75) is 84.4 Å². The van der Waals surface area contributed by atoms with Crippen LogP contribution in [0.15, 0.2) is 24.3 Å². The largest absolute Gasteiger partial charge is 0.481 e. The molecule has 1 aliphatic carbocycles. The Kier molecular flexibility index (Phi) is 9.41. The van der Waals surface area contributed by atoms with Crippen LogP contribution in [-0.2, 0) is 11.0 Å². The molecule has 0 bridgehead atoms. The third kappa shape index (κ3) is 8.13. The third-order valence-electron chi connectivity index (χ3n) is 6.51. The molecule has 1 fully saturated rings. The van der Waals surface area contributed by atoms with E-state index in [4.69, 9.17) is 0 Å². The van der Waals surface area contributed by atoms with Crippen molar-refractivity contribution in [3.8, 4) is 0 Å². The zero-order valence-corrected chi connectivity index (χ0v) is 19.3. The van der Waals surface area contributed by atoms with Crippen molar-refractivity contribution in [2.24, 2.45) is 17.8 Å². The van der Waals surface area contributed by atoms with Crippen LogP contribution in [0, 0.1) is 17.8 Å². The van der Waals surface area contributed by atoms with Gasteiger partial charge in [-0.15, -0.1) is 0 Å². The van der Waals surface area contributed by atoms with E-state index in [1.165, 1.54) is 12.1 Å². The number of halogens is 3. The molecule has 0 heterocycles. The molecule has 176 valence electrons. The molecule has 2 rings (SSSR count). The summed E-state index contributed by atoms with van der Waals surface area (Å²) >= 11 is 0. The molecule has 0 saturated heterocycles. The Morgan fingerprint density at radius 3 is 2.03 bits per heavy atom. The first-order valence-corrected chi connectivity index (χ1v) is 11.6. The number of hydrogen-bond acceptors (Lipinski definition) is 2. The van der Waals surface area contributed by atoms with Gasteiger partial charge in [0.25, 0.3) is 0 Å². The summed E-state index contributed by atoms with van der Waals surface area (Å²) < 4.78 is 39.2. The van der Waals surface area contributed by atoms with Gasteiger partial charge in [0.2, 0.25) is 0 Å². The van der Waals surface area contributed by atoms with E-state index in [0.717, 1.165) is 44.3 Å². The summed E-state index contributed by atoms with van der Waals surface area (Å²) in [5.41, 5.74) is 0.259. The smallest absolute Gasteiger partial charge is 0.416 e. The molecule has 0 radical (unpaired) electrons. The molecular weight excluding hydrogens is 403 g/mol. The molecule has 6 heteroatoms. The van der Waals surface area contributed by atoms with Crippen LogP contribution in [0.25, 0.3) is 0 Å². The summed E-state index contributed by atoms with van der Waals surface area (Å²) in [5, 5.41) is 9.28. The van der Waals surface area contributed by atoms with Gasteiger partial charge in [-0.25, -0.2) is 0 Å². The maximum Gasteiger partial charge on any atom is 0.416 e. The van der Waals surface area contributed by atoms with Crippen LogP contribution in [0.4, 0.5) is 13.2 Å². The van der Waals surface area contributed by atoms with Crippen LogP contribution < -0.4 is 0 Å². The molecule has 1 aliphatic rings. The number of nitrogens with zero attached hydrogens (tertiary/aromatic N) is 1. The molecule has 31 heavy (non-hydrogen) atoms. The fraction of sp³-hybridized carbons (Fsp3) is 0.720. The van der Waals surface area contributed by atoms with Crippen molar-refractivity contribution in [3.63, 3.8) is 0 Å². The molecule has 3 nitrogen and oxygen atoms in total. The van der Waals surface area contributed by atoms with Gasteiger partial charge in [-0.1, -0.05) is 39.8 Å². The predicted octanol–water partition coefficient (Wildman–Crippen LogP) is 6.83.